The van der Waals surface area contributed by atoms with Gasteiger partial charge in [0.15, 0.2) is 5.16 Å². The van der Waals surface area contributed by atoms with Gasteiger partial charge in [-0.05, 0) is 42.7 Å². The molecule has 1 aromatic heterocycles. The standard InChI is InChI=1S/C25H29N5O3S/c1-33-21-14-12-20(13-15-21)24(32)28-26-22(31)17-34-25-29-27-23(19-10-6-3-7-11-19)30(25)16-18-8-4-2-5-9-18/h2,4-5,8-9,12-15,19H,3,6-7,10-11,16-17H2,1H3,(H,26,31)(H,28,32). The number of nitrogens with zero attached hydrogens (tertiary/aromatic N) is 3. The molecule has 2 aromatic carbocycles. The van der Waals surface area contributed by atoms with Gasteiger partial charge in [-0.15, -0.1) is 10.2 Å². The van der Waals surface area contributed by atoms with E-state index in [9.17, 15) is 9.59 Å². The van der Waals surface area contributed by atoms with Crippen LogP contribution in [0, 0.1) is 0 Å². The van der Waals surface area contributed by atoms with Crippen molar-refractivity contribution in [3.8, 4) is 5.75 Å². The Morgan fingerprint density at radius 2 is 1.74 bits per heavy atom. The van der Waals surface area contributed by atoms with Crippen molar-refractivity contribution in [3.63, 3.8) is 0 Å². The van der Waals surface area contributed by atoms with Gasteiger partial charge in [0.2, 0.25) is 5.91 Å². The van der Waals surface area contributed by atoms with E-state index in [4.69, 9.17) is 4.74 Å². The fraction of sp³-hybridized carbons (Fsp3) is 0.360. The van der Waals surface area contributed by atoms with Crippen LogP contribution < -0.4 is 15.6 Å². The molecule has 0 spiro atoms. The molecule has 0 unspecified atom stereocenters. The zero-order chi connectivity index (χ0) is 23.8. The summed E-state index contributed by atoms with van der Waals surface area (Å²) in [6, 6.07) is 16.9. The molecule has 2 amide bonds. The van der Waals surface area contributed by atoms with E-state index < -0.39 is 5.91 Å². The summed E-state index contributed by atoms with van der Waals surface area (Å²) < 4.78 is 7.23. The second-order valence-electron chi connectivity index (χ2n) is 8.27. The molecule has 3 aromatic rings. The number of ether oxygens (including phenoxy) is 1. The Kier molecular flexibility index (Phi) is 8.19. The summed E-state index contributed by atoms with van der Waals surface area (Å²) in [6.07, 6.45) is 5.93. The van der Waals surface area contributed by atoms with Crippen LogP contribution in [-0.2, 0) is 11.3 Å². The average molecular weight is 480 g/mol. The summed E-state index contributed by atoms with van der Waals surface area (Å²) in [5, 5.41) is 9.65. The van der Waals surface area contributed by atoms with E-state index in [-0.39, 0.29) is 11.7 Å². The van der Waals surface area contributed by atoms with Crippen molar-refractivity contribution in [1.82, 2.24) is 25.6 Å². The number of hydrazine groups is 1. The molecular formula is C25H29N5O3S. The topological polar surface area (TPSA) is 98.1 Å². The molecule has 8 nitrogen and oxygen atoms in total. The maximum atomic E-state index is 12.4. The van der Waals surface area contributed by atoms with Crippen molar-refractivity contribution >= 4 is 23.6 Å². The van der Waals surface area contributed by atoms with Crippen molar-refractivity contribution in [3.05, 3.63) is 71.5 Å². The van der Waals surface area contributed by atoms with Crippen LogP contribution in [0.25, 0.3) is 0 Å². The highest BCUT2D eigenvalue weighted by atomic mass is 32.2. The first-order valence-electron chi connectivity index (χ1n) is 11.5. The van der Waals surface area contributed by atoms with Crippen molar-refractivity contribution < 1.29 is 14.3 Å². The summed E-state index contributed by atoms with van der Waals surface area (Å²) >= 11 is 1.32. The van der Waals surface area contributed by atoms with Crippen LogP contribution >= 0.6 is 11.8 Å². The lowest BCUT2D eigenvalue weighted by Gasteiger charge is -2.22. The van der Waals surface area contributed by atoms with Crippen LogP contribution in [0.3, 0.4) is 0 Å². The van der Waals surface area contributed by atoms with E-state index in [1.165, 1.54) is 31.0 Å². The first kappa shape index (κ1) is 23.8. The molecule has 4 rings (SSSR count). The SMILES string of the molecule is COc1ccc(C(=O)NNC(=O)CSc2nnc(C3CCCCC3)n2Cc2ccccc2)cc1. The van der Waals surface area contributed by atoms with Crippen LogP contribution in [0.5, 0.6) is 5.75 Å². The Bertz CT molecular complexity index is 1100. The molecule has 0 atom stereocenters. The Morgan fingerprint density at radius 3 is 2.44 bits per heavy atom. The number of carbonyl (C=O) groups excluding carboxylic acids is 2. The molecule has 178 valence electrons. The number of methoxy groups -OCH3 is 1. The quantitative estimate of drug-likeness (QED) is 0.375. The molecule has 1 heterocycles. The van der Waals surface area contributed by atoms with Gasteiger partial charge in [-0.2, -0.15) is 0 Å². The third-order valence-corrected chi connectivity index (χ3v) is 6.87. The monoisotopic (exact) mass is 479 g/mol. The average Bonchev–Trinajstić information content (AvgIpc) is 3.29. The summed E-state index contributed by atoms with van der Waals surface area (Å²) in [5.74, 6) is 1.45. The van der Waals surface area contributed by atoms with Gasteiger partial charge in [-0.1, -0.05) is 61.4 Å². The molecular weight excluding hydrogens is 450 g/mol. The normalized spacial score (nSPS) is 13.9. The highest BCUT2D eigenvalue weighted by Crippen LogP contribution is 2.33. The Morgan fingerprint density at radius 1 is 1.00 bits per heavy atom. The molecule has 1 aliphatic carbocycles. The van der Waals surface area contributed by atoms with Gasteiger partial charge >= 0.3 is 0 Å². The van der Waals surface area contributed by atoms with Crippen molar-refractivity contribution in [1.29, 1.82) is 0 Å². The number of aromatic nitrogens is 3. The van der Waals surface area contributed by atoms with Gasteiger partial charge < -0.3 is 9.30 Å². The zero-order valence-corrected chi connectivity index (χ0v) is 20.0. The first-order valence-corrected chi connectivity index (χ1v) is 12.5. The molecule has 1 saturated carbocycles. The highest BCUT2D eigenvalue weighted by molar-refractivity contribution is 7.99. The summed E-state index contributed by atoms with van der Waals surface area (Å²) in [6.45, 7) is 0.665. The Labute approximate surface area is 203 Å². The number of thioether (sulfide) groups is 1. The summed E-state index contributed by atoms with van der Waals surface area (Å²) in [4.78, 5) is 24.7. The number of benzene rings is 2. The Balaban J connectivity index is 1.37. The summed E-state index contributed by atoms with van der Waals surface area (Å²) in [7, 11) is 1.56. The number of rotatable bonds is 8. The number of amides is 2. The van der Waals surface area contributed by atoms with E-state index in [1.54, 1.807) is 31.4 Å². The predicted octanol–water partition coefficient (Wildman–Crippen LogP) is 3.94. The molecule has 0 saturated heterocycles. The number of carbonyl (C=O) groups is 2. The maximum Gasteiger partial charge on any atom is 0.269 e. The minimum atomic E-state index is -0.396. The number of nitrogens with one attached hydrogen (secondary N) is 2. The smallest absolute Gasteiger partial charge is 0.269 e. The zero-order valence-electron chi connectivity index (χ0n) is 19.2. The molecule has 34 heavy (non-hydrogen) atoms. The molecule has 0 bridgehead atoms. The lowest BCUT2D eigenvalue weighted by atomic mass is 9.88. The van der Waals surface area contributed by atoms with Gasteiger partial charge in [0, 0.05) is 11.5 Å². The maximum absolute atomic E-state index is 12.4. The minimum Gasteiger partial charge on any atom is -0.497 e. The van der Waals surface area contributed by atoms with Crippen LogP contribution in [0.1, 0.15) is 59.8 Å². The van der Waals surface area contributed by atoms with E-state index in [2.05, 4.69) is 37.7 Å². The van der Waals surface area contributed by atoms with Gasteiger partial charge in [0.25, 0.3) is 5.91 Å². The second kappa shape index (κ2) is 11.7. The van der Waals surface area contributed by atoms with E-state index in [0.717, 1.165) is 24.2 Å². The fourth-order valence-electron chi connectivity index (χ4n) is 4.09. The van der Waals surface area contributed by atoms with E-state index in [1.807, 2.05) is 18.2 Å². The molecule has 0 aliphatic heterocycles. The molecule has 2 N–H and O–H groups in total. The van der Waals surface area contributed by atoms with Crippen LogP contribution in [0.15, 0.2) is 59.8 Å². The molecule has 0 radical (unpaired) electrons. The van der Waals surface area contributed by atoms with Crippen LogP contribution in [-0.4, -0.2) is 39.4 Å². The van der Waals surface area contributed by atoms with Crippen molar-refractivity contribution in [2.45, 2.75) is 49.7 Å². The van der Waals surface area contributed by atoms with E-state index >= 15 is 0 Å². The fourth-order valence-corrected chi connectivity index (χ4v) is 4.84. The van der Waals surface area contributed by atoms with Gasteiger partial charge in [-0.3, -0.25) is 20.4 Å². The van der Waals surface area contributed by atoms with Crippen molar-refractivity contribution in [2.75, 3.05) is 12.9 Å². The third-order valence-electron chi connectivity index (χ3n) is 5.90. The first-order chi connectivity index (χ1) is 16.6. The predicted molar refractivity (Wildman–Crippen MR) is 131 cm³/mol. The Hall–Kier alpha value is -3.33. The van der Waals surface area contributed by atoms with E-state index in [0.29, 0.717) is 28.9 Å². The number of hydrogen-bond acceptors (Lipinski definition) is 6. The van der Waals surface area contributed by atoms with Gasteiger partial charge in [0.05, 0.1) is 19.4 Å². The van der Waals surface area contributed by atoms with Crippen molar-refractivity contribution in [2.24, 2.45) is 0 Å². The number of hydrogen-bond donors (Lipinski definition) is 2. The highest BCUT2D eigenvalue weighted by Gasteiger charge is 2.24. The molecule has 9 heteroatoms. The largest absolute Gasteiger partial charge is 0.497 e. The van der Waals surface area contributed by atoms with Gasteiger partial charge in [-0.25, -0.2) is 0 Å². The third kappa shape index (κ3) is 6.17. The lowest BCUT2D eigenvalue weighted by molar-refractivity contribution is -0.119. The lowest BCUT2D eigenvalue weighted by Crippen LogP contribution is -2.42. The van der Waals surface area contributed by atoms with Crippen LogP contribution in [0.4, 0.5) is 0 Å². The second-order valence-corrected chi connectivity index (χ2v) is 9.21. The van der Waals surface area contributed by atoms with Crippen LogP contribution in [0.2, 0.25) is 0 Å². The molecule has 1 fully saturated rings. The molecule has 1 aliphatic rings. The summed E-state index contributed by atoms with van der Waals surface area (Å²) in [5.41, 5.74) is 6.51. The van der Waals surface area contributed by atoms with Gasteiger partial charge in [0.1, 0.15) is 11.6 Å². The minimum absolute atomic E-state index is 0.112.